The second-order valence-corrected chi connectivity index (χ2v) is 6.83. The number of hydrogen-bond donors (Lipinski definition) is 0. The van der Waals surface area contributed by atoms with E-state index in [1.165, 1.54) is 5.56 Å². The molecule has 1 aliphatic rings. The molecule has 0 radical (unpaired) electrons. The van der Waals surface area contributed by atoms with E-state index in [1.807, 2.05) is 61.2 Å². The van der Waals surface area contributed by atoms with Crippen molar-refractivity contribution in [2.24, 2.45) is 0 Å². The quantitative estimate of drug-likeness (QED) is 0.831. The van der Waals surface area contributed by atoms with Crippen LogP contribution in [0.15, 0.2) is 42.5 Å². The van der Waals surface area contributed by atoms with Crippen molar-refractivity contribution >= 4 is 23.2 Å². The van der Waals surface area contributed by atoms with Gasteiger partial charge < -0.3 is 9.64 Å². The Kier molecular flexibility index (Phi) is 5.30. The highest BCUT2D eigenvalue weighted by Crippen LogP contribution is 2.26. The Morgan fingerprint density at radius 1 is 1.16 bits per heavy atom. The smallest absolute Gasteiger partial charge is 0.244 e. The Balaban J connectivity index is 1.71. The lowest BCUT2D eigenvalue weighted by Gasteiger charge is -2.39. The number of hydrogen-bond acceptors (Lipinski definition) is 3. The first kappa shape index (κ1) is 17.8. The molecule has 0 saturated carbocycles. The topological polar surface area (TPSA) is 32.8 Å². The van der Waals surface area contributed by atoms with Crippen LogP contribution in [0.1, 0.15) is 18.1 Å². The average Bonchev–Trinajstić information content (AvgIpc) is 2.62. The summed E-state index contributed by atoms with van der Waals surface area (Å²) in [6.07, 6.45) is 0. The first-order chi connectivity index (χ1) is 12.0. The van der Waals surface area contributed by atoms with E-state index in [0.717, 1.165) is 30.1 Å². The first-order valence-electron chi connectivity index (χ1n) is 8.44. The van der Waals surface area contributed by atoms with E-state index in [0.29, 0.717) is 11.6 Å². The van der Waals surface area contributed by atoms with Crippen molar-refractivity contribution in [2.45, 2.75) is 26.4 Å². The van der Waals surface area contributed by atoms with Gasteiger partial charge in [0.15, 0.2) is 0 Å². The molecule has 1 atom stereocenters. The van der Waals surface area contributed by atoms with E-state index in [1.54, 1.807) is 7.11 Å². The summed E-state index contributed by atoms with van der Waals surface area (Å²) in [5.74, 6) is 0.952. The van der Waals surface area contributed by atoms with Gasteiger partial charge in [-0.15, -0.1) is 0 Å². The molecule has 0 aliphatic carbocycles. The fraction of sp³-hybridized carbons (Fsp3) is 0.350. The number of nitrogens with zero attached hydrogens (tertiary/aromatic N) is 2. The second-order valence-electron chi connectivity index (χ2n) is 6.42. The van der Waals surface area contributed by atoms with E-state index in [2.05, 4.69) is 4.90 Å². The fourth-order valence-electron chi connectivity index (χ4n) is 3.10. The molecule has 3 rings (SSSR count). The van der Waals surface area contributed by atoms with Gasteiger partial charge in [0.1, 0.15) is 5.75 Å². The van der Waals surface area contributed by atoms with Crippen LogP contribution in [-0.4, -0.2) is 37.0 Å². The maximum absolute atomic E-state index is 12.8. The largest absolute Gasteiger partial charge is 0.497 e. The van der Waals surface area contributed by atoms with Crippen molar-refractivity contribution in [1.29, 1.82) is 0 Å². The molecule has 1 heterocycles. The molecule has 1 saturated heterocycles. The summed E-state index contributed by atoms with van der Waals surface area (Å²) < 4.78 is 5.19. The molecule has 2 aromatic carbocycles. The predicted octanol–water partition coefficient (Wildman–Crippen LogP) is 3.89. The molecule has 0 N–H and O–H groups in total. The number of benzene rings is 2. The molecular weight excluding hydrogens is 336 g/mol. The van der Waals surface area contributed by atoms with E-state index in [9.17, 15) is 4.79 Å². The predicted molar refractivity (Wildman–Crippen MR) is 101 cm³/mol. The van der Waals surface area contributed by atoms with Crippen LogP contribution in [-0.2, 0) is 11.3 Å². The molecule has 132 valence electrons. The lowest BCUT2D eigenvalue weighted by molar-refractivity contribution is -0.125. The number of anilines is 1. The summed E-state index contributed by atoms with van der Waals surface area (Å²) >= 11 is 6.22. The number of halogens is 1. The number of carbonyl (C=O) groups is 1. The van der Waals surface area contributed by atoms with E-state index in [-0.39, 0.29) is 11.9 Å². The molecule has 1 amide bonds. The van der Waals surface area contributed by atoms with Crippen LogP contribution in [0, 0.1) is 6.92 Å². The zero-order valence-corrected chi connectivity index (χ0v) is 15.6. The molecule has 0 spiro atoms. The summed E-state index contributed by atoms with van der Waals surface area (Å²) in [6, 6.07) is 13.6. The van der Waals surface area contributed by atoms with Gasteiger partial charge in [0.25, 0.3) is 0 Å². The Morgan fingerprint density at radius 3 is 2.52 bits per heavy atom. The molecule has 1 aliphatic heterocycles. The van der Waals surface area contributed by atoms with Crippen LogP contribution in [0.25, 0.3) is 0 Å². The number of rotatable bonds is 4. The fourth-order valence-corrected chi connectivity index (χ4v) is 3.28. The van der Waals surface area contributed by atoms with Crippen LogP contribution in [0.4, 0.5) is 5.69 Å². The van der Waals surface area contributed by atoms with Gasteiger partial charge in [0.05, 0.1) is 13.2 Å². The highest BCUT2D eigenvalue weighted by Gasteiger charge is 2.32. The van der Waals surface area contributed by atoms with Gasteiger partial charge in [-0.1, -0.05) is 29.8 Å². The van der Waals surface area contributed by atoms with Crippen LogP contribution >= 0.6 is 11.6 Å². The van der Waals surface area contributed by atoms with Gasteiger partial charge in [-0.05, 0) is 49.2 Å². The molecule has 2 aromatic rings. The zero-order valence-electron chi connectivity index (χ0n) is 14.8. The minimum Gasteiger partial charge on any atom is -0.497 e. The molecular formula is C20H23ClN2O2. The average molecular weight is 359 g/mol. The van der Waals surface area contributed by atoms with Gasteiger partial charge in [-0.2, -0.15) is 0 Å². The van der Waals surface area contributed by atoms with Crippen molar-refractivity contribution < 1.29 is 9.53 Å². The van der Waals surface area contributed by atoms with Crippen molar-refractivity contribution in [2.75, 3.05) is 25.1 Å². The Morgan fingerprint density at radius 2 is 1.88 bits per heavy atom. The van der Waals surface area contributed by atoms with E-state index >= 15 is 0 Å². The van der Waals surface area contributed by atoms with Gasteiger partial charge in [0, 0.05) is 30.3 Å². The van der Waals surface area contributed by atoms with Crippen LogP contribution in [0.3, 0.4) is 0 Å². The monoisotopic (exact) mass is 358 g/mol. The molecule has 0 aromatic heterocycles. The minimum atomic E-state index is -0.170. The summed E-state index contributed by atoms with van der Waals surface area (Å²) in [4.78, 5) is 16.9. The molecule has 5 heteroatoms. The Hall–Kier alpha value is -2.04. The van der Waals surface area contributed by atoms with Gasteiger partial charge >= 0.3 is 0 Å². The van der Waals surface area contributed by atoms with Crippen LogP contribution in [0.2, 0.25) is 5.02 Å². The first-order valence-corrected chi connectivity index (χ1v) is 8.82. The number of aryl methyl sites for hydroxylation is 1. The Labute approximate surface area is 154 Å². The maximum Gasteiger partial charge on any atom is 0.244 e. The van der Waals surface area contributed by atoms with Gasteiger partial charge in [-0.25, -0.2) is 0 Å². The normalized spacial score (nSPS) is 18.5. The lowest BCUT2D eigenvalue weighted by Crippen LogP contribution is -2.55. The van der Waals surface area contributed by atoms with Crippen LogP contribution in [0.5, 0.6) is 5.75 Å². The van der Waals surface area contributed by atoms with Crippen LogP contribution < -0.4 is 9.64 Å². The summed E-state index contributed by atoms with van der Waals surface area (Å²) in [7, 11) is 1.66. The number of piperazine rings is 1. The van der Waals surface area contributed by atoms with Gasteiger partial charge in [-0.3, -0.25) is 9.69 Å². The highest BCUT2D eigenvalue weighted by atomic mass is 35.5. The number of methoxy groups -OCH3 is 1. The molecule has 25 heavy (non-hydrogen) atoms. The highest BCUT2D eigenvalue weighted by molar-refractivity contribution is 6.31. The SMILES string of the molecule is COc1ccc(CN2CCN(c3ccc(C)c(Cl)c3)C(=O)[C@H]2C)cc1. The molecule has 0 bridgehead atoms. The van der Waals surface area contributed by atoms with Crippen molar-refractivity contribution in [3.8, 4) is 5.75 Å². The lowest BCUT2D eigenvalue weighted by atomic mass is 10.1. The number of ether oxygens (including phenoxy) is 1. The summed E-state index contributed by atoms with van der Waals surface area (Å²) in [6.45, 7) is 6.17. The van der Waals surface area contributed by atoms with E-state index in [4.69, 9.17) is 16.3 Å². The number of amides is 1. The van der Waals surface area contributed by atoms with Crippen molar-refractivity contribution in [1.82, 2.24) is 4.90 Å². The zero-order chi connectivity index (χ0) is 18.0. The van der Waals surface area contributed by atoms with Gasteiger partial charge in [0.2, 0.25) is 5.91 Å². The van der Waals surface area contributed by atoms with Crippen molar-refractivity contribution in [3.05, 3.63) is 58.6 Å². The second kappa shape index (κ2) is 7.46. The number of carbonyl (C=O) groups excluding carboxylic acids is 1. The third kappa shape index (κ3) is 3.80. The minimum absolute atomic E-state index is 0.111. The third-order valence-electron chi connectivity index (χ3n) is 4.79. The summed E-state index contributed by atoms with van der Waals surface area (Å²) in [5.41, 5.74) is 3.06. The van der Waals surface area contributed by atoms with E-state index < -0.39 is 0 Å². The third-order valence-corrected chi connectivity index (χ3v) is 5.20. The summed E-state index contributed by atoms with van der Waals surface area (Å²) in [5, 5.41) is 0.693. The van der Waals surface area contributed by atoms with Crippen molar-refractivity contribution in [3.63, 3.8) is 0 Å². The molecule has 0 unspecified atom stereocenters. The standard InChI is InChI=1S/C20H23ClN2O2/c1-14-4-7-17(12-19(14)21)23-11-10-22(15(2)20(23)24)13-16-5-8-18(25-3)9-6-16/h4-9,12,15H,10-11,13H2,1-3H3/t15-/m1/s1. The maximum atomic E-state index is 12.8. The molecule has 1 fully saturated rings. The molecule has 4 nitrogen and oxygen atoms in total. The Bertz CT molecular complexity index is 761.